The summed E-state index contributed by atoms with van der Waals surface area (Å²) in [5, 5.41) is 3.48. The van der Waals surface area contributed by atoms with Gasteiger partial charge < -0.3 is 19.7 Å². The molecule has 0 fully saturated rings. The Morgan fingerprint density at radius 3 is 2.38 bits per heavy atom. The van der Waals surface area contributed by atoms with Gasteiger partial charge >= 0.3 is 0 Å². The van der Waals surface area contributed by atoms with Crippen LogP contribution in [0.1, 0.15) is 33.3 Å². The van der Waals surface area contributed by atoms with Crippen molar-refractivity contribution in [2.75, 3.05) is 33.9 Å². The molecule has 0 heterocycles. The predicted octanol–water partition coefficient (Wildman–Crippen LogP) is 2.91. The Morgan fingerprint density at radius 2 is 1.81 bits per heavy atom. The van der Waals surface area contributed by atoms with E-state index in [1.165, 1.54) is 5.56 Å². The van der Waals surface area contributed by atoms with Gasteiger partial charge in [-0.25, -0.2) is 0 Å². The van der Waals surface area contributed by atoms with Gasteiger partial charge in [0.05, 0.1) is 6.61 Å². The van der Waals surface area contributed by atoms with Crippen LogP contribution in [0.2, 0.25) is 0 Å². The maximum atomic E-state index is 5.81. The van der Waals surface area contributed by atoms with Crippen LogP contribution in [0.15, 0.2) is 18.2 Å². The Kier molecular flexibility index (Phi) is 6.99. The minimum Gasteiger partial charge on any atom is -0.490 e. The largest absolute Gasteiger partial charge is 0.490 e. The van der Waals surface area contributed by atoms with E-state index in [0.717, 1.165) is 24.6 Å². The molecule has 0 aliphatic heterocycles. The Bertz CT molecular complexity index is 425. The summed E-state index contributed by atoms with van der Waals surface area (Å²) >= 11 is 0. The SMILES string of the molecule is CCOc1cc(CNC(C)(C)C)ccc1OCCN(C)C. The molecule has 21 heavy (non-hydrogen) atoms. The average molecular weight is 294 g/mol. The summed E-state index contributed by atoms with van der Waals surface area (Å²) in [5.74, 6) is 1.64. The quantitative estimate of drug-likeness (QED) is 0.799. The number of benzene rings is 1. The third kappa shape index (κ3) is 7.34. The molecular formula is C17H30N2O2. The molecule has 0 aromatic heterocycles. The normalized spacial score (nSPS) is 11.8. The van der Waals surface area contributed by atoms with Crippen molar-refractivity contribution in [3.05, 3.63) is 23.8 Å². The van der Waals surface area contributed by atoms with E-state index in [0.29, 0.717) is 13.2 Å². The first-order chi connectivity index (χ1) is 9.81. The van der Waals surface area contributed by atoms with E-state index in [1.807, 2.05) is 27.1 Å². The predicted molar refractivity (Wildman–Crippen MR) is 88.3 cm³/mol. The second-order valence-corrected chi connectivity index (χ2v) is 6.47. The molecule has 0 atom stereocenters. The number of ether oxygens (including phenoxy) is 2. The zero-order valence-corrected chi connectivity index (χ0v) is 14.3. The lowest BCUT2D eigenvalue weighted by molar-refractivity contribution is 0.243. The van der Waals surface area contributed by atoms with Gasteiger partial charge in [0.25, 0.3) is 0 Å². The molecule has 1 rings (SSSR count). The molecule has 0 bridgehead atoms. The van der Waals surface area contributed by atoms with Crippen molar-refractivity contribution in [2.45, 2.75) is 39.8 Å². The Hall–Kier alpha value is -1.26. The summed E-state index contributed by atoms with van der Waals surface area (Å²) in [6.07, 6.45) is 0. The lowest BCUT2D eigenvalue weighted by Gasteiger charge is -2.21. The minimum atomic E-state index is 0.104. The van der Waals surface area contributed by atoms with Gasteiger partial charge in [0.2, 0.25) is 0 Å². The van der Waals surface area contributed by atoms with Gasteiger partial charge in [0.15, 0.2) is 11.5 Å². The number of hydrogen-bond donors (Lipinski definition) is 1. The third-order valence-corrected chi connectivity index (χ3v) is 2.93. The van der Waals surface area contributed by atoms with E-state index >= 15 is 0 Å². The fourth-order valence-electron chi connectivity index (χ4n) is 1.76. The van der Waals surface area contributed by atoms with Gasteiger partial charge in [-0.2, -0.15) is 0 Å². The van der Waals surface area contributed by atoms with E-state index in [-0.39, 0.29) is 5.54 Å². The first-order valence-corrected chi connectivity index (χ1v) is 7.60. The van der Waals surface area contributed by atoms with Crippen molar-refractivity contribution in [1.29, 1.82) is 0 Å². The molecule has 0 saturated carbocycles. The van der Waals surface area contributed by atoms with Crippen LogP contribution in [-0.2, 0) is 6.54 Å². The fraction of sp³-hybridized carbons (Fsp3) is 0.647. The van der Waals surface area contributed by atoms with Crippen LogP contribution >= 0.6 is 0 Å². The van der Waals surface area contributed by atoms with Crippen molar-refractivity contribution in [2.24, 2.45) is 0 Å². The number of rotatable bonds is 8. The molecule has 4 heteroatoms. The molecular weight excluding hydrogens is 264 g/mol. The molecule has 0 unspecified atom stereocenters. The smallest absolute Gasteiger partial charge is 0.161 e. The van der Waals surface area contributed by atoms with Crippen molar-refractivity contribution in [3.8, 4) is 11.5 Å². The number of likely N-dealkylation sites (N-methyl/N-ethyl adjacent to an activating group) is 1. The standard InChI is InChI=1S/C17H30N2O2/c1-7-20-16-12-14(13-18-17(2,3)4)8-9-15(16)21-11-10-19(5)6/h8-9,12,18H,7,10-11,13H2,1-6H3. The summed E-state index contributed by atoms with van der Waals surface area (Å²) in [4.78, 5) is 2.10. The lowest BCUT2D eigenvalue weighted by Crippen LogP contribution is -2.35. The summed E-state index contributed by atoms with van der Waals surface area (Å²) in [5.41, 5.74) is 1.31. The van der Waals surface area contributed by atoms with Gasteiger partial charge in [-0.1, -0.05) is 6.07 Å². The molecule has 0 amide bonds. The summed E-state index contributed by atoms with van der Waals surface area (Å²) in [6.45, 7) is 11.5. The van der Waals surface area contributed by atoms with Crippen molar-refractivity contribution >= 4 is 0 Å². The number of nitrogens with one attached hydrogen (secondary N) is 1. The monoisotopic (exact) mass is 294 g/mol. The van der Waals surface area contributed by atoms with Crippen molar-refractivity contribution < 1.29 is 9.47 Å². The molecule has 1 N–H and O–H groups in total. The highest BCUT2D eigenvalue weighted by molar-refractivity contribution is 5.43. The maximum absolute atomic E-state index is 5.81. The molecule has 1 aromatic carbocycles. The zero-order valence-electron chi connectivity index (χ0n) is 14.3. The topological polar surface area (TPSA) is 33.7 Å². The Morgan fingerprint density at radius 1 is 1.10 bits per heavy atom. The van der Waals surface area contributed by atoms with Crippen LogP contribution in [0.3, 0.4) is 0 Å². The second kappa shape index (κ2) is 8.25. The molecule has 4 nitrogen and oxygen atoms in total. The molecule has 0 spiro atoms. The maximum Gasteiger partial charge on any atom is 0.161 e. The molecule has 120 valence electrons. The zero-order chi connectivity index (χ0) is 15.9. The van der Waals surface area contributed by atoms with Gasteiger partial charge in [-0.15, -0.1) is 0 Å². The van der Waals surface area contributed by atoms with Crippen LogP contribution in [0.5, 0.6) is 11.5 Å². The fourth-order valence-corrected chi connectivity index (χ4v) is 1.76. The third-order valence-electron chi connectivity index (χ3n) is 2.93. The van der Waals surface area contributed by atoms with Crippen LogP contribution in [-0.4, -0.2) is 44.3 Å². The lowest BCUT2D eigenvalue weighted by atomic mass is 10.1. The number of hydrogen-bond acceptors (Lipinski definition) is 4. The van der Waals surface area contributed by atoms with E-state index in [1.54, 1.807) is 0 Å². The molecule has 0 aliphatic carbocycles. The van der Waals surface area contributed by atoms with Crippen molar-refractivity contribution in [3.63, 3.8) is 0 Å². The van der Waals surface area contributed by atoms with Crippen LogP contribution in [0.25, 0.3) is 0 Å². The molecule has 1 aromatic rings. The van der Waals surface area contributed by atoms with E-state index < -0.39 is 0 Å². The molecule has 0 radical (unpaired) electrons. The van der Waals surface area contributed by atoms with Gasteiger partial charge in [-0.3, -0.25) is 0 Å². The highest BCUT2D eigenvalue weighted by Crippen LogP contribution is 2.28. The number of nitrogens with zero attached hydrogens (tertiary/aromatic N) is 1. The van der Waals surface area contributed by atoms with Gasteiger partial charge in [0.1, 0.15) is 6.61 Å². The highest BCUT2D eigenvalue weighted by Gasteiger charge is 2.11. The summed E-state index contributed by atoms with van der Waals surface area (Å²) in [6, 6.07) is 6.15. The van der Waals surface area contributed by atoms with Gasteiger partial charge in [-0.05, 0) is 59.5 Å². The first kappa shape index (κ1) is 17.8. The first-order valence-electron chi connectivity index (χ1n) is 7.60. The summed E-state index contributed by atoms with van der Waals surface area (Å²) in [7, 11) is 4.07. The van der Waals surface area contributed by atoms with Gasteiger partial charge in [0, 0.05) is 18.6 Å². The second-order valence-electron chi connectivity index (χ2n) is 6.47. The van der Waals surface area contributed by atoms with Crippen LogP contribution < -0.4 is 14.8 Å². The summed E-state index contributed by atoms with van der Waals surface area (Å²) < 4.78 is 11.5. The van der Waals surface area contributed by atoms with Crippen LogP contribution in [0, 0.1) is 0 Å². The molecule has 0 saturated heterocycles. The average Bonchev–Trinajstić information content (AvgIpc) is 2.37. The van der Waals surface area contributed by atoms with E-state index in [4.69, 9.17) is 9.47 Å². The Balaban J connectivity index is 2.71. The Labute approximate surface area is 129 Å². The highest BCUT2D eigenvalue weighted by atomic mass is 16.5. The van der Waals surface area contributed by atoms with E-state index in [2.05, 4.69) is 43.1 Å². The minimum absolute atomic E-state index is 0.104. The van der Waals surface area contributed by atoms with Crippen molar-refractivity contribution in [1.82, 2.24) is 10.2 Å². The van der Waals surface area contributed by atoms with E-state index in [9.17, 15) is 0 Å². The molecule has 0 aliphatic rings. The van der Waals surface area contributed by atoms with Crippen LogP contribution in [0.4, 0.5) is 0 Å².